The normalized spacial score (nSPS) is 19.2. The van der Waals surface area contributed by atoms with Gasteiger partial charge in [-0.2, -0.15) is 0 Å². The summed E-state index contributed by atoms with van der Waals surface area (Å²) in [4.78, 5) is 3.78. The number of pyridine rings is 1. The SMILES string of the molecule is BrC1CC=CO1.c1ccncc1. The van der Waals surface area contributed by atoms with E-state index in [1.807, 2.05) is 24.3 Å². The van der Waals surface area contributed by atoms with Gasteiger partial charge < -0.3 is 4.74 Å². The molecule has 0 spiro atoms. The van der Waals surface area contributed by atoms with Gasteiger partial charge in [0.2, 0.25) is 0 Å². The highest BCUT2D eigenvalue weighted by atomic mass is 79.9. The fraction of sp³-hybridized carbons (Fsp3) is 0.222. The van der Waals surface area contributed by atoms with E-state index in [1.54, 1.807) is 18.7 Å². The molecule has 0 aliphatic carbocycles. The summed E-state index contributed by atoms with van der Waals surface area (Å²) in [7, 11) is 0. The second kappa shape index (κ2) is 5.77. The van der Waals surface area contributed by atoms with E-state index in [0.29, 0.717) is 0 Å². The van der Waals surface area contributed by atoms with E-state index < -0.39 is 0 Å². The first-order valence-corrected chi connectivity index (χ1v) is 4.60. The number of nitrogens with zero attached hydrogens (tertiary/aromatic N) is 1. The number of hydrogen-bond acceptors (Lipinski definition) is 2. The number of alkyl halides is 1. The highest BCUT2D eigenvalue weighted by molar-refractivity contribution is 9.09. The molecule has 0 bridgehead atoms. The predicted molar refractivity (Wildman–Crippen MR) is 51.8 cm³/mol. The van der Waals surface area contributed by atoms with Crippen molar-refractivity contribution in [1.82, 2.24) is 4.98 Å². The summed E-state index contributed by atoms with van der Waals surface area (Å²) in [6, 6.07) is 5.72. The van der Waals surface area contributed by atoms with Gasteiger partial charge in [0.15, 0.2) is 5.01 Å². The fourth-order valence-electron chi connectivity index (χ4n) is 0.672. The first-order chi connectivity index (χ1) is 5.89. The Bertz CT molecular complexity index is 191. The smallest absolute Gasteiger partial charge is 0.155 e. The molecule has 0 saturated carbocycles. The Labute approximate surface area is 80.4 Å². The van der Waals surface area contributed by atoms with Gasteiger partial charge in [0, 0.05) is 18.8 Å². The van der Waals surface area contributed by atoms with Gasteiger partial charge in [-0.1, -0.05) is 6.07 Å². The van der Waals surface area contributed by atoms with Crippen LogP contribution in [0, 0.1) is 0 Å². The van der Waals surface area contributed by atoms with Crippen LogP contribution in [0.1, 0.15) is 6.42 Å². The zero-order valence-electron chi connectivity index (χ0n) is 6.56. The molecule has 0 radical (unpaired) electrons. The van der Waals surface area contributed by atoms with E-state index in [0.717, 1.165) is 6.42 Å². The zero-order chi connectivity index (χ0) is 8.65. The molecule has 0 saturated heterocycles. The standard InChI is InChI=1S/C5H5N.C4H5BrO/c1-2-4-6-5-3-1;5-4-2-1-3-6-4/h1-5H;1,3-4H,2H2. The molecule has 2 nitrogen and oxygen atoms in total. The molecule has 1 aromatic rings. The molecule has 1 aromatic heterocycles. The average Bonchev–Trinajstić information content (AvgIpc) is 2.60. The van der Waals surface area contributed by atoms with Crippen LogP contribution in [0.2, 0.25) is 0 Å². The Balaban J connectivity index is 0.000000120. The minimum Gasteiger partial charge on any atom is -0.487 e. The summed E-state index contributed by atoms with van der Waals surface area (Å²) >= 11 is 3.25. The van der Waals surface area contributed by atoms with Crippen molar-refractivity contribution in [3.05, 3.63) is 42.9 Å². The topological polar surface area (TPSA) is 22.1 Å². The maximum absolute atomic E-state index is 4.89. The first kappa shape index (κ1) is 9.26. The van der Waals surface area contributed by atoms with Crippen LogP contribution in [0.25, 0.3) is 0 Å². The predicted octanol–water partition coefficient (Wildman–Crippen LogP) is 2.72. The van der Waals surface area contributed by atoms with Gasteiger partial charge in [-0.25, -0.2) is 0 Å². The largest absolute Gasteiger partial charge is 0.487 e. The maximum Gasteiger partial charge on any atom is 0.155 e. The molecule has 1 atom stereocenters. The molecule has 1 aliphatic rings. The van der Waals surface area contributed by atoms with E-state index in [1.165, 1.54) is 0 Å². The van der Waals surface area contributed by atoms with Gasteiger partial charge in [0.25, 0.3) is 0 Å². The lowest BCUT2D eigenvalue weighted by atomic mass is 10.5. The molecule has 0 aromatic carbocycles. The number of hydrogen-bond donors (Lipinski definition) is 0. The quantitative estimate of drug-likeness (QED) is 0.637. The second-order valence-electron chi connectivity index (χ2n) is 2.18. The minimum absolute atomic E-state index is 0.248. The van der Waals surface area contributed by atoms with Gasteiger partial charge in [0.1, 0.15) is 0 Å². The van der Waals surface area contributed by atoms with Gasteiger partial charge >= 0.3 is 0 Å². The summed E-state index contributed by atoms with van der Waals surface area (Å²) in [5.41, 5.74) is 0. The van der Waals surface area contributed by atoms with Crippen molar-refractivity contribution >= 4 is 15.9 Å². The van der Waals surface area contributed by atoms with Crippen LogP contribution >= 0.6 is 15.9 Å². The lowest BCUT2D eigenvalue weighted by Crippen LogP contribution is -1.87. The van der Waals surface area contributed by atoms with Crippen molar-refractivity contribution in [3.63, 3.8) is 0 Å². The fourth-order valence-corrected chi connectivity index (χ4v) is 1.01. The molecule has 3 heteroatoms. The summed E-state index contributed by atoms with van der Waals surface area (Å²) in [5, 5.41) is 0.248. The molecular weight excluding hydrogens is 218 g/mol. The van der Waals surface area contributed by atoms with Crippen molar-refractivity contribution in [2.75, 3.05) is 0 Å². The van der Waals surface area contributed by atoms with Gasteiger partial charge in [0.05, 0.1) is 6.26 Å². The van der Waals surface area contributed by atoms with Crippen molar-refractivity contribution in [2.24, 2.45) is 0 Å². The van der Waals surface area contributed by atoms with Crippen molar-refractivity contribution in [1.29, 1.82) is 0 Å². The third kappa shape index (κ3) is 4.13. The Morgan fingerprint density at radius 3 is 2.17 bits per heavy atom. The lowest BCUT2D eigenvalue weighted by molar-refractivity contribution is 0.256. The zero-order valence-corrected chi connectivity index (χ0v) is 8.15. The van der Waals surface area contributed by atoms with Crippen LogP contribution in [0.3, 0.4) is 0 Å². The minimum atomic E-state index is 0.248. The van der Waals surface area contributed by atoms with E-state index in [2.05, 4.69) is 20.9 Å². The number of halogens is 1. The molecule has 0 N–H and O–H groups in total. The van der Waals surface area contributed by atoms with Crippen LogP contribution < -0.4 is 0 Å². The molecule has 1 aliphatic heterocycles. The van der Waals surface area contributed by atoms with Crippen LogP contribution in [-0.4, -0.2) is 10.00 Å². The molecule has 1 unspecified atom stereocenters. The van der Waals surface area contributed by atoms with E-state index in [9.17, 15) is 0 Å². The highest BCUT2D eigenvalue weighted by Gasteiger charge is 2.02. The molecule has 2 heterocycles. The Morgan fingerprint density at radius 2 is 2.00 bits per heavy atom. The van der Waals surface area contributed by atoms with Crippen LogP contribution in [0.5, 0.6) is 0 Å². The third-order valence-electron chi connectivity index (χ3n) is 1.21. The lowest BCUT2D eigenvalue weighted by Gasteiger charge is -1.94. The van der Waals surface area contributed by atoms with Gasteiger partial charge in [-0.05, 0) is 34.1 Å². The molecule has 2 rings (SSSR count). The van der Waals surface area contributed by atoms with Crippen LogP contribution in [-0.2, 0) is 4.74 Å². The highest BCUT2D eigenvalue weighted by Crippen LogP contribution is 2.13. The summed E-state index contributed by atoms with van der Waals surface area (Å²) in [6.07, 6.45) is 8.19. The second-order valence-corrected chi connectivity index (χ2v) is 3.20. The van der Waals surface area contributed by atoms with Crippen molar-refractivity contribution in [3.8, 4) is 0 Å². The molecule has 0 fully saturated rings. The monoisotopic (exact) mass is 227 g/mol. The van der Waals surface area contributed by atoms with E-state index in [-0.39, 0.29) is 5.01 Å². The number of ether oxygens (including phenoxy) is 1. The Hall–Kier alpha value is -0.830. The molecule has 12 heavy (non-hydrogen) atoms. The van der Waals surface area contributed by atoms with Crippen molar-refractivity contribution < 1.29 is 4.74 Å². The number of aromatic nitrogens is 1. The van der Waals surface area contributed by atoms with Gasteiger partial charge in [-0.15, -0.1) is 0 Å². The third-order valence-corrected chi connectivity index (χ3v) is 1.80. The van der Waals surface area contributed by atoms with E-state index >= 15 is 0 Å². The molecule has 64 valence electrons. The Morgan fingerprint density at radius 1 is 1.25 bits per heavy atom. The van der Waals surface area contributed by atoms with Gasteiger partial charge in [-0.3, -0.25) is 4.98 Å². The summed E-state index contributed by atoms with van der Waals surface area (Å²) in [6.45, 7) is 0. The molecule has 0 amide bonds. The van der Waals surface area contributed by atoms with Crippen molar-refractivity contribution in [2.45, 2.75) is 11.4 Å². The van der Waals surface area contributed by atoms with E-state index in [4.69, 9.17) is 4.74 Å². The summed E-state index contributed by atoms with van der Waals surface area (Å²) < 4.78 is 4.89. The maximum atomic E-state index is 4.89. The summed E-state index contributed by atoms with van der Waals surface area (Å²) in [5.74, 6) is 0. The van der Waals surface area contributed by atoms with Crippen LogP contribution in [0.4, 0.5) is 0 Å². The first-order valence-electron chi connectivity index (χ1n) is 3.69. The number of rotatable bonds is 0. The Kier molecular flexibility index (Phi) is 4.46. The molecular formula is C9H10BrNO. The average molecular weight is 228 g/mol. The van der Waals surface area contributed by atoms with Crippen LogP contribution in [0.15, 0.2) is 42.9 Å².